The van der Waals surface area contributed by atoms with Crippen molar-refractivity contribution in [2.45, 2.75) is 13.5 Å². The van der Waals surface area contributed by atoms with Crippen LogP contribution in [-0.2, 0) is 24.5 Å². The third-order valence-corrected chi connectivity index (χ3v) is 2.93. The predicted octanol–water partition coefficient (Wildman–Crippen LogP) is 0.498. The van der Waals surface area contributed by atoms with Gasteiger partial charge in [-0.15, -0.1) is 0 Å². The van der Waals surface area contributed by atoms with Crippen LogP contribution in [0.2, 0.25) is 0 Å². The van der Waals surface area contributed by atoms with Crippen LogP contribution < -0.4 is 4.72 Å². The SMILES string of the molecule is Cc1nn(C)c2ccc(CN[SH](=O)=O)cc12. The van der Waals surface area contributed by atoms with Crippen LogP contribution in [0.5, 0.6) is 0 Å². The van der Waals surface area contributed by atoms with E-state index >= 15 is 0 Å². The summed E-state index contributed by atoms with van der Waals surface area (Å²) in [6.07, 6.45) is 0. The van der Waals surface area contributed by atoms with Crippen LogP contribution in [0.15, 0.2) is 18.2 Å². The van der Waals surface area contributed by atoms with Crippen molar-refractivity contribution >= 4 is 21.8 Å². The molecule has 0 spiro atoms. The lowest BCUT2D eigenvalue weighted by Crippen LogP contribution is -2.09. The molecule has 6 heteroatoms. The quantitative estimate of drug-likeness (QED) is 0.767. The maximum Gasteiger partial charge on any atom is 0.201 e. The van der Waals surface area contributed by atoms with E-state index in [9.17, 15) is 8.42 Å². The molecule has 16 heavy (non-hydrogen) atoms. The fraction of sp³-hybridized carbons (Fsp3) is 0.300. The number of hydrogen-bond donors (Lipinski definition) is 2. The largest absolute Gasteiger partial charge is 0.268 e. The van der Waals surface area contributed by atoms with E-state index in [1.807, 2.05) is 36.9 Å². The monoisotopic (exact) mass is 239 g/mol. The molecule has 5 nitrogen and oxygen atoms in total. The summed E-state index contributed by atoms with van der Waals surface area (Å²) in [4.78, 5) is 0. The number of hydrogen-bond acceptors (Lipinski definition) is 3. The minimum Gasteiger partial charge on any atom is -0.268 e. The molecule has 2 rings (SSSR count). The number of nitrogens with one attached hydrogen (secondary N) is 1. The molecule has 0 saturated heterocycles. The molecule has 0 unspecified atom stereocenters. The number of rotatable bonds is 3. The van der Waals surface area contributed by atoms with Crippen LogP contribution in [0.25, 0.3) is 10.9 Å². The molecule has 1 N–H and O–H groups in total. The van der Waals surface area contributed by atoms with Crippen molar-refractivity contribution in [3.05, 3.63) is 29.5 Å². The van der Waals surface area contributed by atoms with E-state index in [0.717, 1.165) is 22.2 Å². The summed E-state index contributed by atoms with van der Waals surface area (Å²) in [6, 6.07) is 5.81. The number of fused-ring (bicyclic) bond motifs is 1. The Morgan fingerprint density at radius 1 is 1.44 bits per heavy atom. The molecular weight excluding hydrogens is 226 g/mol. The first-order chi connectivity index (χ1) is 7.58. The molecule has 86 valence electrons. The molecule has 0 aliphatic heterocycles. The van der Waals surface area contributed by atoms with E-state index in [-0.39, 0.29) is 0 Å². The van der Waals surface area contributed by atoms with E-state index in [1.165, 1.54) is 0 Å². The summed E-state index contributed by atoms with van der Waals surface area (Å²) in [5, 5.41) is 5.36. The van der Waals surface area contributed by atoms with Crippen LogP contribution in [0.4, 0.5) is 0 Å². The van der Waals surface area contributed by atoms with Crippen LogP contribution in [-0.4, -0.2) is 18.2 Å². The molecule has 0 aliphatic rings. The van der Waals surface area contributed by atoms with Crippen molar-refractivity contribution in [1.29, 1.82) is 0 Å². The summed E-state index contributed by atoms with van der Waals surface area (Å²) < 4.78 is 25.0. The van der Waals surface area contributed by atoms with E-state index in [4.69, 9.17) is 0 Å². The van der Waals surface area contributed by atoms with E-state index in [1.54, 1.807) is 0 Å². The smallest absolute Gasteiger partial charge is 0.201 e. The maximum atomic E-state index is 10.4. The van der Waals surface area contributed by atoms with Gasteiger partial charge in [0.05, 0.1) is 11.2 Å². The number of nitrogens with zero attached hydrogens (tertiary/aromatic N) is 2. The Bertz CT molecular complexity index is 593. The van der Waals surface area contributed by atoms with E-state index in [0.29, 0.717) is 6.54 Å². The van der Waals surface area contributed by atoms with Gasteiger partial charge in [0.2, 0.25) is 10.9 Å². The van der Waals surface area contributed by atoms with Gasteiger partial charge in [0.15, 0.2) is 0 Å². The summed E-state index contributed by atoms with van der Waals surface area (Å²) in [6.45, 7) is 2.26. The zero-order valence-electron chi connectivity index (χ0n) is 9.10. The Labute approximate surface area is 95.2 Å². The first-order valence-corrected chi connectivity index (χ1v) is 6.06. The van der Waals surface area contributed by atoms with Crippen LogP contribution in [0.3, 0.4) is 0 Å². The highest BCUT2D eigenvalue weighted by atomic mass is 32.2. The number of thiol groups is 1. The molecular formula is C10H13N3O2S. The number of benzene rings is 1. The van der Waals surface area contributed by atoms with Crippen molar-refractivity contribution in [2.75, 3.05) is 0 Å². The molecule has 0 fully saturated rings. The molecule has 0 radical (unpaired) electrons. The fourth-order valence-corrected chi connectivity index (χ4v) is 2.07. The van der Waals surface area contributed by atoms with Crippen molar-refractivity contribution in [3.8, 4) is 0 Å². The van der Waals surface area contributed by atoms with Gasteiger partial charge >= 0.3 is 0 Å². The van der Waals surface area contributed by atoms with E-state index in [2.05, 4.69) is 9.82 Å². The Kier molecular flexibility index (Phi) is 2.93. The summed E-state index contributed by atoms with van der Waals surface area (Å²) >= 11 is 0. The third-order valence-electron chi connectivity index (χ3n) is 2.51. The van der Waals surface area contributed by atoms with Gasteiger partial charge in [-0.05, 0) is 24.6 Å². The van der Waals surface area contributed by atoms with Gasteiger partial charge in [0.1, 0.15) is 0 Å². The molecule has 1 aromatic carbocycles. The van der Waals surface area contributed by atoms with Crippen molar-refractivity contribution in [3.63, 3.8) is 0 Å². The molecule has 0 aliphatic carbocycles. The zero-order valence-corrected chi connectivity index (χ0v) is 9.99. The Morgan fingerprint density at radius 3 is 2.88 bits per heavy atom. The van der Waals surface area contributed by atoms with Gasteiger partial charge in [-0.25, -0.2) is 13.1 Å². The Morgan fingerprint density at radius 2 is 2.19 bits per heavy atom. The summed E-state index contributed by atoms with van der Waals surface area (Å²) in [5.74, 6) is 0. The van der Waals surface area contributed by atoms with Gasteiger partial charge in [0.25, 0.3) is 0 Å². The van der Waals surface area contributed by atoms with E-state index < -0.39 is 10.9 Å². The lowest BCUT2D eigenvalue weighted by atomic mass is 10.1. The first kappa shape index (κ1) is 11.1. The van der Waals surface area contributed by atoms with Gasteiger partial charge < -0.3 is 0 Å². The lowest BCUT2D eigenvalue weighted by molar-refractivity contribution is 0.601. The second kappa shape index (κ2) is 4.23. The Hall–Kier alpha value is -1.40. The molecule has 1 aromatic heterocycles. The molecule has 1 heterocycles. The summed E-state index contributed by atoms with van der Waals surface area (Å²) in [5.41, 5.74) is 2.93. The highest BCUT2D eigenvalue weighted by molar-refractivity contribution is 7.70. The zero-order chi connectivity index (χ0) is 11.7. The summed E-state index contributed by atoms with van der Waals surface area (Å²) in [7, 11) is -0.650. The second-order valence-electron chi connectivity index (χ2n) is 3.65. The van der Waals surface area contributed by atoms with Gasteiger partial charge in [0, 0.05) is 19.0 Å². The van der Waals surface area contributed by atoms with Crippen LogP contribution in [0.1, 0.15) is 11.3 Å². The van der Waals surface area contributed by atoms with Crippen molar-refractivity contribution in [2.24, 2.45) is 7.05 Å². The normalized spacial score (nSPS) is 11.4. The average Bonchev–Trinajstić information content (AvgIpc) is 2.52. The molecule has 0 saturated carbocycles. The van der Waals surface area contributed by atoms with Gasteiger partial charge in [-0.1, -0.05) is 6.07 Å². The van der Waals surface area contributed by atoms with Crippen molar-refractivity contribution in [1.82, 2.24) is 14.5 Å². The average molecular weight is 239 g/mol. The number of aromatic nitrogens is 2. The highest BCUT2D eigenvalue weighted by Crippen LogP contribution is 2.18. The minimum absolute atomic E-state index is 0.322. The predicted molar refractivity (Wildman–Crippen MR) is 62.6 cm³/mol. The lowest BCUT2D eigenvalue weighted by Gasteiger charge is -2.00. The van der Waals surface area contributed by atoms with Gasteiger partial charge in [-0.3, -0.25) is 4.68 Å². The number of aryl methyl sites for hydroxylation is 2. The molecule has 0 amide bonds. The van der Waals surface area contributed by atoms with Crippen LogP contribution >= 0.6 is 0 Å². The first-order valence-electron chi connectivity index (χ1n) is 4.88. The molecule has 2 aromatic rings. The molecule has 0 atom stereocenters. The maximum absolute atomic E-state index is 10.4. The minimum atomic E-state index is -2.54. The van der Waals surface area contributed by atoms with Gasteiger partial charge in [-0.2, -0.15) is 5.10 Å². The van der Waals surface area contributed by atoms with Crippen molar-refractivity contribution < 1.29 is 8.42 Å². The van der Waals surface area contributed by atoms with Crippen LogP contribution in [0, 0.1) is 6.92 Å². The standard InChI is InChI=1S/C10H13N3O2S/c1-7-9-5-8(6-11-16(14)15)3-4-10(9)13(2)12-7/h3-5,16H,6H2,1-2H3,(H,11,14,15). The fourth-order valence-electron chi connectivity index (χ4n) is 1.75. The third kappa shape index (κ3) is 2.07. The molecule has 0 bridgehead atoms. The topological polar surface area (TPSA) is 64.0 Å². The highest BCUT2D eigenvalue weighted by Gasteiger charge is 2.05. The Balaban J connectivity index is 2.39. The second-order valence-corrected chi connectivity index (χ2v) is 4.48.